The van der Waals surface area contributed by atoms with E-state index in [1.165, 1.54) is 0 Å². The van der Waals surface area contributed by atoms with E-state index in [0.717, 1.165) is 26.2 Å². The predicted molar refractivity (Wildman–Crippen MR) is 73.0 cm³/mol. The van der Waals surface area contributed by atoms with Gasteiger partial charge in [-0.2, -0.15) is 0 Å². The second-order valence-corrected chi connectivity index (χ2v) is 5.66. The van der Waals surface area contributed by atoms with Gasteiger partial charge in [0.15, 0.2) is 0 Å². The number of rotatable bonds is 4. The maximum Gasteiger partial charge on any atom is 0.0823 e. The minimum atomic E-state index is 0.0447. The third kappa shape index (κ3) is 2.84. The molecule has 2 nitrogen and oxygen atoms in total. The van der Waals surface area contributed by atoms with Crippen LogP contribution in [0.2, 0.25) is 0 Å². The SMILES string of the molecule is [B][B]C(C)(C(C)C)N1CCN(C(C)C)CC1. The summed E-state index contributed by atoms with van der Waals surface area (Å²) in [5.74, 6) is 0.558. The quantitative estimate of drug-likeness (QED) is 0.655. The summed E-state index contributed by atoms with van der Waals surface area (Å²) < 4.78 is 0. The molecule has 3 radical (unpaired) electrons. The van der Waals surface area contributed by atoms with Crippen molar-refractivity contribution in [3.8, 4) is 0 Å². The van der Waals surface area contributed by atoms with Gasteiger partial charge in [-0.15, -0.1) is 0 Å². The summed E-state index contributed by atoms with van der Waals surface area (Å²) in [6.45, 7) is 15.9. The van der Waals surface area contributed by atoms with Crippen molar-refractivity contribution in [1.29, 1.82) is 0 Å². The topological polar surface area (TPSA) is 6.48 Å². The molecule has 1 rings (SSSR count). The van der Waals surface area contributed by atoms with Crippen molar-refractivity contribution in [2.45, 2.75) is 46.1 Å². The van der Waals surface area contributed by atoms with Gasteiger partial charge in [0.25, 0.3) is 0 Å². The van der Waals surface area contributed by atoms with Crippen molar-refractivity contribution in [3.63, 3.8) is 0 Å². The minimum Gasteiger partial charge on any atom is -0.304 e. The first-order chi connectivity index (χ1) is 7.41. The minimum absolute atomic E-state index is 0.0447. The summed E-state index contributed by atoms with van der Waals surface area (Å²) in [7, 11) is 7.73. The molecule has 0 bridgehead atoms. The molecule has 89 valence electrons. The van der Waals surface area contributed by atoms with E-state index >= 15 is 0 Å². The van der Waals surface area contributed by atoms with Gasteiger partial charge in [0.05, 0.1) is 7.17 Å². The van der Waals surface area contributed by atoms with Crippen LogP contribution in [0.15, 0.2) is 0 Å². The smallest absolute Gasteiger partial charge is 0.0823 e. The van der Waals surface area contributed by atoms with Crippen LogP contribution in [0.5, 0.6) is 0 Å². The monoisotopic (exact) mass is 219 g/mol. The Kier molecular flexibility index (Phi) is 4.93. The molecule has 0 aromatic rings. The second-order valence-electron chi connectivity index (χ2n) is 5.66. The Balaban J connectivity index is 2.58. The number of hydrogen-bond acceptors (Lipinski definition) is 2. The zero-order chi connectivity index (χ0) is 12.3. The van der Waals surface area contributed by atoms with E-state index in [2.05, 4.69) is 44.4 Å². The van der Waals surface area contributed by atoms with Crippen LogP contribution in [0.1, 0.15) is 34.6 Å². The fourth-order valence-electron chi connectivity index (χ4n) is 2.38. The highest BCUT2D eigenvalue weighted by Crippen LogP contribution is 2.24. The largest absolute Gasteiger partial charge is 0.304 e. The maximum absolute atomic E-state index is 5.85. The zero-order valence-electron chi connectivity index (χ0n) is 11.5. The Morgan fingerprint density at radius 3 is 1.88 bits per heavy atom. The van der Waals surface area contributed by atoms with Crippen LogP contribution in [0, 0.1) is 5.92 Å². The van der Waals surface area contributed by atoms with Crippen molar-refractivity contribution in [2.24, 2.45) is 5.92 Å². The van der Waals surface area contributed by atoms with Gasteiger partial charge >= 0.3 is 0 Å². The third-order valence-electron chi connectivity index (χ3n) is 4.23. The lowest BCUT2D eigenvalue weighted by atomic mass is 9.40. The Labute approximate surface area is 103 Å². The summed E-state index contributed by atoms with van der Waals surface area (Å²) in [5.41, 5.74) is 0.0447. The fourth-order valence-corrected chi connectivity index (χ4v) is 2.38. The van der Waals surface area contributed by atoms with Gasteiger partial charge < -0.3 is 4.90 Å². The van der Waals surface area contributed by atoms with Crippen molar-refractivity contribution in [1.82, 2.24) is 9.80 Å². The molecule has 1 saturated heterocycles. The Morgan fingerprint density at radius 2 is 1.56 bits per heavy atom. The molecule has 1 heterocycles. The van der Waals surface area contributed by atoms with Crippen LogP contribution in [-0.4, -0.2) is 62.4 Å². The van der Waals surface area contributed by atoms with Gasteiger partial charge in [-0.1, -0.05) is 20.8 Å². The van der Waals surface area contributed by atoms with E-state index in [1.807, 2.05) is 7.17 Å². The Hall–Kier alpha value is 0.0499. The van der Waals surface area contributed by atoms with Crippen LogP contribution in [0.3, 0.4) is 0 Å². The van der Waals surface area contributed by atoms with E-state index in [1.54, 1.807) is 0 Å². The van der Waals surface area contributed by atoms with Gasteiger partial charge in [0, 0.05) is 40.0 Å². The molecule has 0 aliphatic carbocycles. The molecule has 1 fully saturated rings. The molecule has 0 N–H and O–H groups in total. The van der Waals surface area contributed by atoms with Crippen LogP contribution in [0.25, 0.3) is 0 Å². The molecule has 1 aliphatic rings. The van der Waals surface area contributed by atoms with Gasteiger partial charge in [-0.25, -0.2) is 0 Å². The molecule has 0 amide bonds. The van der Waals surface area contributed by atoms with E-state index in [-0.39, 0.29) is 5.44 Å². The highest BCUT2D eigenvalue weighted by Gasteiger charge is 2.34. The average Bonchev–Trinajstić information content (AvgIpc) is 2.27. The summed E-state index contributed by atoms with van der Waals surface area (Å²) in [6.07, 6.45) is 0. The summed E-state index contributed by atoms with van der Waals surface area (Å²) in [6, 6.07) is 0.661. The summed E-state index contributed by atoms with van der Waals surface area (Å²) in [4.78, 5) is 5.06. The van der Waals surface area contributed by atoms with Gasteiger partial charge in [-0.3, -0.25) is 4.90 Å². The predicted octanol–water partition coefficient (Wildman–Crippen LogP) is 1.17. The third-order valence-corrected chi connectivity index (χ3v) is 4.23. The number of hydrogen-bond donors (Lipinski definition) is 0. The molecule has 0 aromatic carbocycles. The van der Waals surface area contributed by atoms with Gasteiger partial charge in [0.1, 0.15) is 0 Å². The Morgan fingerprint density at radius 1 is 1.06 bits per heavy atom. The lowest BCUT2D eigenvalue weighted by molar-refractivity contribution is 0.0487. The first-order valence-corrected chi connectivity index (χ1v) is 6.47. The molecule has 0 saturated carbocycles. The lowest BCUT2D eigenvalue weighted by Crippen LogP contribution is -2.61. The fraction of sp³-hybridized carbons (Fsp3) is 1.00. The Bertz CT molecular complexity index is 213. The van der Waals surface area contributed by atoms with E-state index in [4.69, 9.17) is 7.74 Å². The highest BCUT2D eigenvalue weighted by atomic mass is 15.3. The van der Waals surface area contributed by atoms with Crippen molar-refractivity contribution < 1.29 is 0 Å². The first-order valence-electron chi connectivity index (χ1n) is 6.47. The standard InChI is InChI=1S/C12H25B2N2/c1-10(2)12(5,14-13)16-8-6-15(7-9-16)11(3)4/h10-11H,6-9H2,1-5H3. The molecule has 1 aliphatic heterocycles. The van der Waals surface area contributed by atoms with E-state index in [0.29, 0.717) is 12.0 Å². The van der Waals surface area contributed by atoms with Gasteiger partial charge in [-0.05, 0) is 25.2 Å². The molecule has 0 spiro atoms. The first kappa shape index (κ1) is 14.1. The molecule has 1 unspecified atom stereocenters. The number of nitrogens with zero attached hydrogens (tertiary/aromatic N) is 2. The maximum atomic E-state index is 5.85. The highest BCUT2D eigenvalue weighted by molar-refractivity contribution is 6.91. The average molecular weight is 219 g/mol. The van der Waals surface area contributed by atoms with Crippen molar-refractivity contribution >= 4 is 14.9 Å². The zero-order valence-corrected chi connectivity index (χ0v) is 11.5. The van der Waals surface area contributed by atoms with Crippen molar-refractivity contribution in [2.75, 3.05) is 26.2 Å². The van der Waals surface area contributed by atoms with E-state index < -0.39 is 0 Å². The summed E-state index contributed by atoms with van der Waals surface area (Å²) >= 11 is 0. The van der Waals surface area contributed by atoms with Crippen LogP contribution in [-0.2, 0) is 0 Å². The van der Waals surface area contributed by atoms with Crippen LogP contribution in [0.4, 0.5) is 0 Å². The number of piperazine rings is 1. The normalized spacial score (nSPS) is 23.7. The van der Waals surface area contributed by atoms with Gasteiger partial charge in [0.2, 0.25) is 0 Å². The molecule has 0 aromatic heterocycles. The van der Waals surface area contributed by atoms with Crippen LogP contribution < -0.4 is 0 Å². The molecule has 4 heteroatoms. The molecular weight excluding hydrogens is 194 g/mol. The van der Waals surface area contributed by atoms with Crippen LogP contribution >= 0.6 is 0 Å². The van der Waals surface area contributed by atoms with E-state index in [9.17, 15) is 0 Å². The second kappa shape index (κ2) is 5.59. The molecule has 1 atom stereocenters. The molecular formula is C12H25B2N2. The summed E-state index contributed by atoms with van der Waals surface area (Å²) in [5, 5.41) is 0. The molecule has 16 heavy (non-hydrogen) atoms. The lowest BCUT2D eigenvalue weighted by Gasteiger charge is -2.49. The van der Waals surface area contributed by atoms with Crippen molar-refractivity contribution in [3.05, 3.63) is 0 Å².